The molecular formula is C24H23N3O2. The van der Waals surface area contributed by atoms with E-state index in [9.17, 15) is 4.79 Å². The van der Waals surface area contributed by atoms with E-state index in [0.29, 0.717) is 6.61 Å². The number of carbonyl (C=O) groups is 1. The summed E-state index contributed by atoms with van der Waals surface area (Å²) in [5, 5.41) is 0. The Bertz CT molecular complexity index is 1080. The fraction of sp³-hybridized carbons (Fsp3) is 0.167. The quantitative estimate of drug-likeness (QED) is 0.731. The number of ether oxygens (including phenoxy) is 1. The molecule has 0 bridgehead atoms. The Balaban J connectivity index is 1.91. The van der Waals surface area contributed by atoms with E-state index in [1.54, 1.807) is 14.2 Å². The summed E-state index contributed by atoms with van der Waals surface area (Å²) in [6.07, 6.45) is 0. The number of amides is 1. The molecular weight excluding hydrogens is 362 g/mol. The van der Waals surface area contributed by atoms with Crippen LogP contribution in [0.15, 0.2) is 83.9 Å². The van der Waals surface area contributed by atoms with E-state index in [-0.39, 0.29) is 11.9 Å². The molecule has 5 nitrogen and oxygen atoms in total. The standard InChI is InChI=1S/C24H23N3O2/c1-27-22(28)24(26-23(27)25,19-11-4-3-5-12-19)20-13-8-10-17(15-20)21-14-7-6-9-18(21)16-29-2/h3-15H,16H2,1-2H3,(H2,25,26). The van der Waals surface area contributed by atoms with Gasteiger partial charge in [-0.1, -0.05) is 72.8 Å². The maximum atomic E-state index is 13.4. The van der Waals surface area contributed by atoms with Crippen LogP contribution in [0.3, 0.4) is 0 Å². The molecule has 29 heavy (non-hydrogen) atoms. The second kappa shape index (κ2) is 7.53. The molecule has 146 valence electrons. The molecule has 0 spiro atoms. The number of likely N-dealkylation sites (N-methyl/N-ethyl adjacent to an activating group) is 1. The molecule has 3 aromatic carbocycles. The second-order valence-electron chi connectivity index (χ2n) is 7.08. The zero-order valence-electron chi connectivity index (χ0n) is 16.5. The fourth-order valence-electron chi connectivity index (χ4n) is 3.86. The highest BCUT2D eigenvalue weighted by molar-refractivity contribution is 6.09. The fourth-order valence-corrected chi connectivity index (χ4v) is 3.86. The number of nitrogens with zero attached hydrogens (tertiary/aromatic N) is 2. The van der Waals surface area contributed by atoms with Gasteiger partial charge in [0.2, 0.25) is 0 Å². The van der Waals surface area contributed by atoms with Gasteiger partial charge in [-0.15, -0.1) is 0 Å². The summed E-state index contributed by atoms with van der Waals surface area (Å²) in [5.74, 6) is 0.0487. The number of benzene rings is 3. The van der Waals surface area contributed by atoms with Gasteiger partial charge in [-0.2, -0.15) is 0 Å². The summed E-state index contributed by atoms with van der Waals surface area (Å²) in [6, 6.07) is 25.6. The lowest BCUT2D eigenvalue weighted by atomic mass is 9.81. The van der Waals surface area contributed by atoms with Crippen molar-refractivity contribution < 1.29 is 9.53 Å². The number of guanidine groups is 1. The molecule has 3 aromatic rings. The normalized spacial score (nSPS) is 18.8. The third-order valence-electron chi connectivity index (χ3n) is 5.34. The van der Waals surface area contributed by atoms with Gasteiger partial charge in [0.1, 0.15) is 0 Å². The summed E-state index contributed by atoms with van der Waals surface area (Å²) in [5.41, 5.74) is 9.61. The van der Waals surface area contributed by atoms with Gasteiger partial charge in [0.05, 0.1) is 6.61 Å². The summed E-state index contributed by atoms with van der Waals surface area (Å²) < 4.78 is 5.36. The number of methoxy groups -OCH3 is 1. The number of carbonyl (C=O) groups excluding carboxylic acids is 1. The molecule has 0 fully saturated rings. The molecule has 5 heteroatoms. The predicted molar refractivity (Wildman–Crippen MR) is 114 cm³/mol. The van der Waals surface area contributed by atoms with E-state index in [1.807, 2.05) is 72.8 Å². The maximum absolute atomic E-state index is 13.4. The van der Waals surface area contributed by atoms with Crippen molar-refractivity contribution in [3.8, 4) is 11.1 Å². The highest BCUT2D eigenvalue weighted by atomic mass is 16.5. The number of rotatable bonds is 5. The SMILES string of the molecule is COCc1ccccc1-c1cccc(C2(c3ccccc3)N=C(N)N(C)C2=O)c1. The molecule has 0 aliphatic carbocycles. The Labute approximate surface area is 170 Å². The zero-order chi connectivity index (χ0) is 20.4. The van der Waals surface area contributed by atoms with Crippen molar-refractivity contribution in [3.63, 3.8) is 0 Å². The van der Waals surface area contributed by atoms with E-state index >= 15 is 0 Å². The van der Waals surface area contributed by atoms with Crippen molar-refractivity contribution >= 4 is 11.9 Å². The molecule has 4 rings (SSSR count). The zero-order valence-corrected chi connectivity index (χ0v) is 16.5. The minimum absolute atomic E-state index is 0.163. The van der Waals surface area contributed by atoms with Crippen molar-refractivity contribution in [3.05, 3.63) is 95.6 Å². The van der Waals surface area contributed by atoms with E-state index in [4.69, 9.17) is 10.5 Å². The Morgan fingerprint density at radius 1 is 0.966 bits per heavy atom. The van der Waals surface area contributed by atoms with Crippen molar-refractivity contribution in [1.29, 1.82) is 0 Å². The van der Waals surface area contributed by atoms with Crippen LogP contribution in [0.5, 0.6) is 0 Å². The van der Waals surface area contributed by atoms with Crippen LogP contribution in [0.25, 0.3) is 11.1 Å². The Morgan fingerprint density at radius 3 is 2.34 bits per heavy atom. The van der Waals surface area contributed by atoms with Gasteiger partial charge < -0.3 is 10.5 Å². The van der Waals surface area contributed by atoms with E-state index in [2.05, 4.69) is 11.1 Å². The maximum Gasteiger partial charge on any atom is 0.266 e. The van der Waals surface area contributed by atoms with Crippen molar-refractivity contribution in [1.82, 2.24) is 4.90 Å². The monoisotopic (exact) mass is 385 g/mol. The highest BCUT2D eigenvalue weighted by Gasteiger charge is 2.49. The minimum atomic E-state index is -1.19. The molecule has 0 aromatic heterocycles. The average molecular weight is 385 g/mol. The Kier molecular flexibility index (Phi) is 4.91. The van der Waals surface area contributed by atoms with Crippen LogP contribution in [-0.2, 0) is 21.7 Å². The first kappa shape index (κ1) is 18.9. The van der Waals surface area contributed by atoms with Crippen LogP contribution in [0.1, 0.15) is 16.7 Å². The molecule has 0 radical (unpaired) electrons. The first-order chi connectivity index (χ1) is 14.1. The molecule has 0 saturated heterocycles. The second-order valence-corrected chi connectivity index (χ2v) is 7.08. The number of hydrogen-bond donors (Lipinski definition) is 1. The van der Waals surface area contributed by atoms with Gasteiger partial charge in [0.25, 0.3) is 5.91 Å². The number of nitrogens with two attached hydrogens (primary N) is 1. The van der Waals surface area contributed by atoms with Crippen molar-refractivity contribution in [2.45, 2.75) is 12.1 Å². The lowest BCUT2D eigenvalue weighted by Gasteiger charge is -2.26. The molecule has 1 amide bonds. The largest absolute Gasteiger partial charge is 0.380 e. The Hall–Kier alpha value is -3.44. The third-order valence-corrected chi connectivity index (χ3v) is 5.34. The van der Waals surface area contributed by atoms with Crippen molar-refractivity contribution in [2.75, 3.05) is 14.2 Å². The molecule has 0 saturated carbocycles. The molecule has 1 aliphatic heterocycles. The Morgan fingerprint density at radius 2 is 1.66 bits per heavy atom. The minimum Gasteiger partial charge on any atom is -0.380 e. The van der Waals surface area contributed by atoms with Crippen LogP contribution < -0.4 is 5.73 Å². The van der Waals surface area contributed by atoms with Gasteiger partial charge >= 0.3 is 0 Å². The van der Waals surface area contributed by atoms with E-state index in [0.717, 1.165) is 27.8 Å². The van der Waals surface area contributed by atoms with E-state index < -0.39 is 5.54 Å². The van der Waals surface area contributed by atoms with Crippen LogP contribution in [0.2, 0.25) is 0 Å². The summed E-state index contributed by atoms with van der Waals surface area (Å²) in [6.45, 7) is 0.511. The van der Waals surface area contributed by atoms with E-state index in [1.165, 1.54) is 4.90 Å². The predicted octanol–water partition coefficient (Wildman–Crippen LogP) is 3.53. The summed E-state index contributed by atoms with van der Waals surface area (Å²) in [7, 11) is 3.34. The third kappa shape index (κ3) is 3.09. The lowest BCUT2D eigenvalue weighted by Crippen LogP contribution is -2.41. The van der Waals surface area contributed by atoms with Gasteiger partial charge in [-0.25, -0.2) is 4.99 Å². The number of aliphatic imine (C=N–C) groups is 1. The summed E-state index contributed by atoms with van der Waals surface area (Å²) in [4.78, 5) is 19.4. The van der Waals surface area contributed by atoms with Crippen LogP contribution in [0, 0.1) is 0 Å². The first-order valence-electron chi connectivity index (χ1n) is 9.44. The van der Waals surface area contributed by atoms with Gasteiger partial charge in [-0.3, -0.25) is 9.69 Å². The van der Waals surface area contributed by atoms with Crippen LogP contribution >= 0.6 is 0 Å². The molecule has 1 atom stereocenters. The first-order valence-corrected chi connectivity index (χ1v) is 9.44. The molecule has 1 unspecified atom stereocenters. The van der Waals surface area contributed by atoms with Crippen molar-refractivity contribution in [2.24, 2.45) is 10.7 Å². The lowest BCUT2D eigenvalue weighted by molar-refractivity contribution is -0.129. The smallest absolute Gasteiger partial charge is 0.266 e. The molecule has 1 heterocycles. The number of hydrogen-bond acceptors (Lipinski definition) is 4. The topological polar surface area (TPSA) is 67.9 Å². The molecule has 1 aliphatic rings. The highest BCUT2D eigenvalue weighted by Crippen LogP contribution is 2.40. The van der Waals surface area contributed by atoms with Crippen LogP contribution in [0.4, 0.5) is 0 Å². The van der Waals surface area contributed by atoms with Gasteiger partial charge in [0, 0.05) is 14.2 Å². The molecule has 2 N–H and O–H groups in total. The van der Waals surface area contributed by atoms with Gasteiger partial charge in [-0.05, 0) is 33.9 Å². The summed E-state index contributed by atoms with van der Waals surface area (Å²) >= 11 is 0. The van der Waals surface area contributed by atoms with Crippen LogP contribution in [-0.4, -0.2) is 30.9 Å². The average Bonchev–Trinajstić information content (AvgIpc) is 3.00. The van der Waals surface area contributed by atoms with Gasteiger partial charge in [0.15, 0.2) is 11.5 Å².